The number of benzene rings is 1. The third-order valence-corrected chi connectivity index (χ3v) is 6.92. The molecule has 1 saturated carbocycles. The topological polar surface area (TPSA) is 136 Å². The summed E-state index contributed by atoms with van der Waals surface area (Å²) in [5.41, 5.74) is 0.513. The summed E-state index contributed by atoms with van der Waals surface area (Å²) in [6.45, 7) is 0. The first-order valence-electron chi connectivity index (χ1n) is 8.55. The molecule has 0 aromatic heterocycles. The van der Waals surface area contributed by atoms with Crippen LogP contribution in [0.5, 0.6) is 5.75 Å². The van der Waals surface area contributed by atoms with Crippen LogP contribution in [0.25, 0.3) is 0 Å². The summed E-state index contributed by atoms with van der Waals surface area (Å²) in [6.07, 6.45) is 4.96. The molecule has 9 nitrogen and oxygen atoms in total. The predicted octanol–water partition coefficient (Wildman–Crippen LogP) is 1.05. The molecule has 0 radical (unpaired) electrons. The quantitative estimate of drug-likeness (QED) is 0.565. The van der Waals surface area contributed by atoms with Crippen LogP contribution in [0.4, 0.5) is 0 Å². The number of sulfonamides is 1. The van der Waals surface area contributed by atoms with Gasteiger partial charge in [0.25, 0.3) is 0 Å². The Balaban J connectivity index is 2.08. The molecule has 1 aliphatic carbocycles. The van der Waals surface area contributed by atoms with E-state index in [0.717, 1.165) is 29.6 Å². The van der Waals surface area contributed by atoms with Crippen molar-refractivity contribution in [3.63, 3.8) is 0 Å². The standard InChI is InChI=1S/C16H23N3O6S2/c1-26(22,23)17-14-8-3-2-7-13(14)16(11-5-4-6-12(20)9-11)19-10-15(21)18-27(19,24)25/h4-6,9-10,13-14,16-18,20-21H,2-3,7-8H2,1H3/t13-,14+,16?/m1/s1. The molecule has 1 heterocycles. The number of hydrogen-bond acceptors (Lipinski definition) is 6. The molecule has 3 atom stereocenters. The molecule has 0 amide bonds. The van der Waals surface area contributed by atoms with Gasteiger partial charge in [0.2, 0.25) is 15.9 Å². The van der Waals surface area contributed by atoms with E-state index in [0.29, 0.717) is 18.4 Å². The van der Waals surface area contributed by atoms with Crippen LogP contribution >= 0.6 is 0 Å². The van der Waals surface area contributed by atoms with Gasteiger partial charge in [-0.1, -0.05) is 25.0 Å². The van der Waals surface area contributed by atoms with Crippen molar-refractivity contribution in [2.75, 3.05) is 6.26 Å². The predicted molar refractivity (Wildman–Crippen MR) is 99.2 cm³/mol. The van der Waals surface area contributed by atoms with Crippen LogP contribution in [-0.2, 0) is 20.2 Å². The maximum Gasteiger partial charge on any atom is 0.326 e. The zero-order chi connectivity index (χ0) is 19.8. The largest absolute Gasteiger partial charge is 0.508 e. The highest BCUT2D eigenvalue weighted by molar-refractivity contribution is 7.88. The first kappa shape index (κ1) is 19.8. The first-order valence-corrected chi connectivity index (χ1v) is 11.9. The fraction of sp³-hybridized carbons (Fsp3) is 0.500. The van der Waals surface area contributed by atoms with Crippen LogP contribution in [0.15, 0.2) is 36.3 Å². The van der Waals surface area contributed by atoms with E-state index in [2.05, 4.69) is 4.72 Å². The van der Waals surface area contributed by atoms with Crippen molar-refractivity contribution in [3.8, 4) is 5.75 Å². The molecule has 0 saturated heterocycles. The summed E-state index contributed by atoms with van der Waals surface area (Å²) in [7, 11) is -7.52. The second-order valence-corrected chi connectivity index (χ2v) is 10.3. The van der Waals surface area contributed by atoms with Crippen LogP contribution in [0.2, 0.25) is 0 Å². The van der Waals surface area contributed by atoms with Gasteiger partial charge in [0.05, 0.1) is 18.5 Å². The summed E-state index contributed by atoms with van der Waals surface area (Å²) in [4.78, 5) is 0. The van der Waals surface area contributed by atoms with Crippen LogP contribution in [-0.4, -0.2) is 43.7 Å². The fourth-order valence-corrected chi connectivity index (χ4v) is 5.96. The Morgan fingerprint density at radius 1 is 1.26 bits per heavy atom. The average molecular weight is 418 g/mol. The summed E-state index contributed by atoms with van der Waals surface area (Å²) >= 11 is 0. The molecule has 0 spiro atoms. The first-order chi connectivity index (χ1) is 12.6. The number of nitrogens with zero attached hydrogens (tertiary/aromatic N) is 1. The maximum atomic E-state index is 12.5. The lowest BCUT2D eigenvalue weighted by Crippen LogP contribution is -2.48. The summed E-state index contributed by atoms with van der Waals surface area (Å²) in [5.74, 6) is -0.920. The van der Waals surface area contributed by atoms with Crippen molar-refractivity contribution >= 4 is 20.2 Å². The zero-order valence-electron chi connectivity index (χ0n) is 14.7. The Kier molecular flexibility index (Phi) is 5.28. The van der Waals surface area contributed by atoms with Gasteiger partial charge in [0, 0.05) is 12.0 Å². The number of phenols is 1. The van der Waals surface area contributed by atoms with E-state index in [1.807, 2.05) is 4.72 Å². The van der Waals surface area contributed by atoms with Crippen molar-refractivity contribution in [2.45, 2.75) is 37.8 Å². The van der Waals surface area contributed by atoms with Gasteiger partial charge < -0.3 is 10.2 Å². The Morgan fingerprint density at radius 3 is 2.56 bits per heavy atom. The molecule has 1 aliphatic heterocycles. The van der Waals surface area contributed by atoms with Crippen molar-refractivity contribution in [2.24, 2.45) is 5.92 Å². The summed E-state index contributed by atoms with van der Waals surface area (Å²) in [5, 5.41) is 19.6. The molecule has 1 fully saturated rings. The van der Waals surface area contributed by atoms with Crippen LogP contribution in [0, 0.1) is 5.92 Å². The van der Waals surface area contributed by atoms with Crippen LogP contribution in [0.1, 0.15) is 37.3 Å². The van der Waals surface area contributed by atoms with E-state index < -0.39 is 38.2 Å². The highest BCUT2D eigenvalue weighted by Crippen LogP contribution is 2.42. The Bertz CT molecular complexity index is 945. The minimum Gasteiger partial charge on any atom is -0.508 e. The summed E-state index contributed by atoms with van der Waals surface area (Å²) in [6, 6.07) is 4.94. The van der Waals surface area contributed by atoms with E-state index >= 15 is 0 Å². The fourth-order valence-electron chi connectivity index (χ4n) is 3.88. The second-order valence-electron chi connectivity index (χ2n) is 6.94. The number of aromatic hydroxyl groups is 1. The molecular formula is C16H23N3O6S2. The molecule has 1 aromatic rings. The molecule has 1 unspecified atom stereocenters. The molecule has 27 heavy (non-hydrogen) atoms. The Morgan fingerprint density at radius 2 is 1.96 bits per heavy atom. The molecule has 11 heteroatoms. The van der Waals surface area contributed by atoms with Crippen LogP contribution < -0.4 is 9.44 Å². The van der Waals surface area contributed by atoms with Gasteiger partial charge in [-0.3, -0.25) is 0 Å². The SMILES string of the molecule is CS(=O)(=O)N[C@H]1CCCC[C@H]1C(c1cccc(O)c1)N1C=C(O)NS1(=O)=O. The lowest BCUT2D eigenvalue weighted by molar-refractivity contribution is 0.190. The molecule has 1 aromatic carbocycles. The van der Waals surface area contributed by atoms with Crippen molar-refractivity contribution in [1.82, 2.24) is 13.7 Å². The zero-order valence-corrected chi connectivity index (χ0v) is 16.4. The lowest BCUT2D eigenvalue weighted by Gasteiger charge is -2.40. The van der Waals surface area contributed by atoms with Gasteiger partial charge in [-0.2, -0.15) is 8.42 Å². The third kappa shape index (κ3) is 4.47. The number of nitrogens with one attached hydrogen (secondary N) is 2. The Hall–Kier alpha value is -1.98. The number of aliphatic hydroxyl groups excluding tert-OH is 1. The van der Waals surface area contributed by atoms with Crippen molar-refractivity contribution < 1.29 is 27.0 Å². The van der Waals surface area contributed by atoms with E-state index in [-0.39, 0.29) is 11.7 Å². The van der Waals surface area contributed by atoms with E-state index in [1.165, 1.54) is 12.1 Å². The molecule has 3 rings (SSSR count). The third-order valence-electron chi connectivity index (χ3n) is 4.84. The summed E-state index contributed by atoms with van der Waals surface area (Å²) < 4.78 is 54.3. The Labute approximate surface area is 158 Å². The molecule has 0 bridgehead atoms. The number of phenolic OH excluding ortho intramolecular Hbond substituents is 1. The van der Waals surface area contributed by atoms with Gasteiger partial charge in [-0.25, -0.2) is 22.2 Å². The number of hydrogen-bond donors (Lipinski definition) is 4. The smallest absolute Gasteiger partial charge is 0.326 e. The van der Waals surface area contributed by atoms with Gasteiger partial charge in [0.15, 0.2) is 0 Å². The molecular weight excluding hydrogens is 394 g/mol. The normalized spacial score (nSPS) is 26.3. The van der Waals surface area contributed by atoms with E-state index in [1.54, 1.807) is 12.1 Å². The van der Waals surface area contributed by atoms with E-state index in [9.17, 15) is 27.0 Å². The van der Waals surface area contributed by atoms with E-state index in [4.69, 9.17) is 0 Å². The van der Waals surface area contributed by atoms with Crippen LogP contribution in [0.3, 0.4) is 0 Å². The maximum absolute atomic E-state index is 12.5. The molecule has 4 N–H and O–H groups in total. The number of rotatable bonds is 5. The lowest BCUT2D eigenvalue weighted by atomic mass is 9.78. The van der Waals surface area contributed by atoms with Crippen molar-refractivity contribution in [1.29, 1.82) is 0 Å². The second kappa shape index (κ2) is 7.21. The van der Waals surface area contributed by atoms with Gasteiger partial charge in [-0.15, -0.1) is 0 Å². The molecule has 150 valence electrons. The van der Waals surface area contributed by atoms with Gasteiger partial charge >= 0.3 is 10.2 Å². The number of aliphatic hydroxyl groups is 1. The highest BCUT2D eigenvalue weighted by atomic mass is 32.2. The van der Waals surface area contributed by atoms with Gasteiger partial charge in [-0.05, 0) is 30.5 Å². The minimum absolute atomic E-state index is 0.0290. The van der Waals surface area contributed by atoms with Crippen molar-refractivity contribution in [3.05, 3.63) is 41.9 Å². The average Bonchev–Trinajstić information content (AvgIpc) is 2.80. The minimum atomic E-state index is -4.03. The van der Waals surface area contributed by atoms with Gasteiger partial charge in [0.1, 0.15) is 5.75 Å². The monoisotopic (exact) mass is 417 g/mol. The molecule has 2 aliphatic rings. The highest BCUT2D eigenvalue weighted by Gasteiger charge is 2.43.